The molecule has 104 valence electrons. The molecule has 0 unspecified atom stereocenters. The number of ether oxygens (including phenoxy) is 2. The van der Waals surface area contributed by atoms with Crippen LogP contribution in [0.3, 0.4) is 0 Å². The average Bonchev–Trinajstić information content (AvgIpc) is 2.37. The number of methoxy groups -OCH3 is 1. The van der Waals surface area contributed by atoms with E-state index in [0.717, 1.165) is 5.69 Å². The molecule has 0 fully saturated rings. The number of carbonyl (C=O) groups excluding carboxylic acids is 2. The highest BCUT2D eigenvalue weighted by Gasteiger charge is 2.09. The molecule has 0 spiro atoms. The standard InChI is InChI=1S/C14H19NO4/c1-10(2)15-11-4-6-12(7-5-11)19-14(17)9-8-13(16)18-3/h4-7,10,15H,8-9H2,1-3H3. The van der Waals surface area contributed by atoms with Gasteiger partial charge in [0.1, 0.15) is 5.75 Å². The molecule has 0 bridgehead atoms. The molecule has 5 heteroatoms. The molecule has 0 aliphatic rings. The van der Waals surface area contributed by atoms with Crippen LogP contribution < -0.4 is 10.1 Å². The minimum Gasteiger partial charge on any atom is -0.469 e. The third-order valence-corrected chi connectivity index (χ3v) is 2.30. The first-order valence-electron chi connectivity index (χ1n) is 6.15. The molecular weight excluding hydrogens is 246 g/mol. The van der Waals surface area contributed by atoms with Crippen molar-refractivity contribution in [2.24, 2.45) is 0 Å². The maximum Gasteiger partial charge on any atom is 0.311 e. The summed E-state index contributed by atoms with van der Waals surface area (Å²) in [6, 6.07) is 7.43. The number of benzene rings is 1. The number of hydrogen-bond donors (Lipinski definition) is 1. The summed E-state index contributed by atoms with van der Waals surface area (Å²) < 4.78 is 9.54. The first-order valence-corrected chi connectivity index (χ1v) is 6.15. The van der Waals surface area contributed by atoms with Gasteiger partial charge in [0, 0.05) is 11.7 Å². The van der Waals surface area contributed by atoms with E-state index in [0.29, 0.717) is 11.8 Å². The van der Waals surface area contributed by atoms with Gasteiger partial charge in [-0.25, -0.2) is 0 Å². The fourth-order valence-electron chi connectivity index (χ4n) is 1.44. The molecule has 0 atom stereocenters. The first kappa shape index (κ1) is 15.0. The zero-order valence-corrected chi connectivity index (χ0v) is 11.4. The molecule has 19 heavy (non-hydrogen) atoms. The van der Waals surface area contributed by atoms with Gasteiger partial charge >= 0.3 is 11.9 Å². The van der Waals surface area contributed by atoms with Gasteiger partial charge in [0.25, 0.3) is 0 Å². The van der Waals surface area contributed by atoms with Crippen LogP contribution in [-0.2, 0) is 14.3 Å². The van der Waals surface area contributed by atoms with Gasteiger partial charge in [-0.05, 0) is 38.1 Å². The van der Waals surface area contributed by atoms with Crippen molar-refractivity contribution < 1.29 is 19.1 Å². The van der Waals surface area contributed by atoms with Crippen LogP contribution in [0.15, 0.2) is 24.3 Å². The minimum atomic E-state index is -0.449. The molecule has 1 N–H and O–H groups in total. The van der Waals surface area contributed by atoms with E-state index in [-0.39, 0.29) is 12.8 Å². The molecule has 0 aliphatic heterocycles. The Hall–Kier alpha value is -2.04. The fourth-order valence-corrected chi connectivity index (χ4v) is 1.44. The Morgan fingerprint density at radius 1 is 1.11 bits per heavy atom. The lowest BCUT2D eigenvalue weighted by atomic mass is 10.2. The molecule has 1 rings (SSSR count). The van der Waals surface area contributed by atoms with Gasteiger partial charge in [0.2, 0.25) is 0 Å². The van der Waals surface area contributed by atoms with E-state index >= 15 is 0 Å². The molecule has 0 amide bonds. The Labute approximate surface area is 112 Å². The summed E-state index contributed by atoms with van der Waals surface area (Å²) in [5, 5.41) is 3.23. The van der Waals surface area contributed by atoms with Gasteiger partial charge in [0.05, 0.1) is 20.0 Å². The summed E-state index contributed by atoms with van der Waals surface area (Å²) in [5.41, 5.74) is 0.962. The van der Waals surface area contributed by atoms with Crippen LogP contribution in [0.1, 0.15) is 26.7 Å². The topological polar surface area (TPSA) is 64.6 Å². The van der Waals surface area contributed by atoms with E-state index in [1.807, 2.05) is 26.0 Å². The third-order valence-electron chi connectivity index (χ3n) is 2.30. The fraction of sp³-hybridized carbons (Fsp3) is 0.429. The van der Waals surface area contributed by atoms with E-state index in [2.05, 4.69) is 10.1 Å². The maximum absolute atomic E-state index is 11.4. The molecule has 1 aromatic carbocycles. The zero-order chi connectivity index (χ0) is 14.3. The average molecular weight is 265 g/mol. The number of hydrogen-bond acceptors (Lipinski definition) is 5. The van der Waals surface area contributed by atoms with Crippen molar-refractivity contribution in [1.29, 1.82) is 0 Å². The first-order chi connectivity index (χ1) is 9.01. The summed E-state index contributed by atoms with van der Waals surface area (Å²) in [6.07, 6.45) is 0.0426. The van der Waals surface area contributed by atoms with Crippen molar-refractivity contribution in [3.63, 3.8) is 0 Å². The summed E-state index contributed by atoms with van der Waals surface area (Å²) in [6.45, 7) is 4.08. The lowest BCUT2D eigenvalue weighted by Crippen LogP contribution is -2.12. The second-order valence-electron chi connectivity index (χ2n) is 4.37. The second-order valence-corrected chi connectivity index (χ2v) is 4.37. The van der Waals surface area contributed by atoms with Crippen LogP contribution in [0.25, 0.3) is 0 Å². The number of rotatable bonds is 6. The largest absolute Gasteiger partial charge is 0.469 e. The molecule has 0 radical (unpaired) electrons. The number of nitrogens with one attached hydrogen (secondary N) is 1. The highest BCUT2D eigenvalue weighted by atomic mass is 16.5. The Balaban J connectivity index is 2.44. The molecular formula is C14H19NO4. The number of esters is 2. The summed E-state index contributed by atoms with van der Waals surface area (Å²) in [5.74, 6) is -0.410. The van der Waals surface area contributed by atoms with Crippen LogP contribution >= 0.6 is 0 Å². The van der Waals surface area contributed by atoms with Crippen LogP contribution in [0.4, 0.5) is 5.69 Å². The SMILES string of the molecule is COC(=O)CCC(=O)Oc1ccc(NC(C)C)cc1. The van der Waals surface area contributed by atoms with Crippen molar-refractivity contribution in [3.8, 4) is 5.75 Å². The Morgan fingerprint density at radius 3 is 2.21 bits per heavy atom. The van der Waals surface area contributed by atoms with E-state index in [9.17, 15) is 9.59 Å². The van der Waals surface area contributed by atoms with Gasteiger partial charge in [-0.15, -0.1) is 0 Å². The van der Waals surface area contributed by atoms with Crippen LogP contribution in [-0.4, -0.2) is 25.1 Å². The molecule has 0 aromatic heterocycles. The quantitative estimate of drug-likeness (QED) is 0.632. The highest BCUT2D eigenvalue weighted by Crippen LogP contribution is 2.17. The second kappa shape index (κ2) is 7.41. The predicted octanol–water partition coefficient (Wildman–Crippen LogP) is 2.37. The molecule has 1 aromatic rings. The number of anilines is 1. The highest BCUT2D eigenvalue weighted by molar-refractivity contribution is 5.79. The zero-order valence-electron chi connectivity index (χ0n) is 11.4. The molecule has 0 saturated heterocycles. The number of carbonyl (C=O) groups is 2. The van der Waals surface area contributed by atoms with Gasteiger partial charge < -0.3 is 14.8 Å². The predicted molar refractivity (Wildman–Crippen MR) is 72.1 cm³/mol. The smallest absolute Gasteiger partial charge is 0.311 e. The normalized spacial score (nSPS) is 10.1. The summed E-state index contributed by atoms with van der Waals surface area (Å²) in [4.78, 5) is 22.3. The molecule has 0 aliphatic carbocycles. The Bertz CT molecular complexity index is 426. The van der Waals surface area contributed by atoms with E-state index < -0.39 is 11.9 Å². The van der Waals surface area contributed by atoms with Crippen molar-refractivity contribution in [1.82, 2.24) is 0 Å². The van der Waals surface area contributed by atoms with Crippen molar-refractivity contribution in [3.05, 3.63) is 24.3 Å². The van der Waals surface area contributed by atoms with Gasteiger partial charge in [-0.1, -0.05) is 0 Å². The van der Waals surface area contributed by atoms with Crippen molar-refractivity contribution in [2.45, 2.75) is 32.7 Å². The van der Waals surface area contributed by atoms with Crippen LogP contribution in [0.5, 0.6) is 5.75 Å². The monoisotopic (exact) mass is 265 g/mol. The summed E-state index contributed by atoms with van der Waals surface area (Å²) >= 11 is 0. The molecule has 0 saturated carbocycles. The minimum absolute atomic E-state index is 0.0126. The van der Waals surface area contributed by atoms with Gasteiger partial charge in [-0.3, -0.25) is 9.59 Å². The van der Waals surface area contributed by atoms with Crippen LogP contribution in [0, 0.1) is 0 Å². The third kappa shape index (κ3) is 5.90. The Morgan fingerprint density at radius 2 is 1.68 bits per heavy atom. The lowest BCUT2D eigenvalue weighted by molar-refractivity contribution is -0.144. The van der Waals surface area contributed by atoms with Crippen molar-refractivity contribution >= 4 is 17.6 Å². The lowest BCUT2D eigenvalue weighted by Gasteiger charge is -2.10. The van der Waals surface area contributed by atoms with E-state index in [1.54, 1.807) is 12.1 Å². The molecule has 5 nitrogen and oxygen atoms in total. The van der Waals surface area contributed by atoms with Crippen molar-refractivity contribution in [2.75, 3.05) is 12.4 Å². The maximum atomic E-state index is 11.4. The van der Waals surface area contributed by atoms with Gasteiger partial charge in [0.15, 0.2) is 0 Å². The van der Waals surface area contributed by atoms with Gasteiger partial charge in [-0.2, -0.15) is 0 Å². The van der Waals surface area contributed by atoms with E-state index in [1.165, 1.54) is 7.11 Å². The Kier molecular flexibility index (Phi) is 5.85. The summed E-state index contributed by atoms with van der Waals surface area (Å²) in [7, 11) is 1.29. The van der Waals surface area contributed by atoms with E-state index in [4.69, 9.17) is 4.74 Å². The van der Waals surface area contributed by atoms with Crippen LogP contribution in [0.2, 0.25) is 0 Å². The molecule has 0 heterocycles.